The van der Waals surface area contributed by atoms with E-state index in [2.05, 4.69) is 10.2 Å². The van der Waals surface area contributed by atoms with E-state index in [0.29, 0.717) is 12.1 Å². The van der Waals surface area contributed by atoms with Gasteiger partial charge in [-0.3, -0.25) is 19.1 Å². The molecule has 2 aliphatic heterocycles. The summed E-state index contributed by atoms with van der Waals surface area (Å²) in [6, 6.07) is 12.4. The molecule has 0 bridgehead atoms. The summed E-state index contributed by atoms with van der Waals surface area (Å²) in [5, 5.41) is 3.13. The summed E-state index contributed by atoms with van der Waals surface area (Å²) in [6.45, 7) is 6.36. The number of nitrogens with one attached hydrogen (secondary N) is 1. The van der Waals surface area contributed by atoms with Gasteiger partial charge in [-0.15, -0.1) is 0 Å². The highest BCUT2D eigenvalue weighted by Crippen LogP contribution is 2.31. The van der Waals surface area contributed by atoms with E-state index < -0.39 is 0 Å². The average Bonchev–Trinajstić information content (AvgIpc) is 2.80. The van der Waals surface area contributed by atoms with Crippen LogP contribution >= 0.6 is 0 Å². The standard InChI is InChI=1S/C23H29N3O4/c27-21-7-6-19(16-26(21)20-4-2-1-3-5-20)22(28)24-17-23(8-12-29-13-9-23)18-25-10-14-30-15-11-25/h1-7,16H,8-15,17-18H2,(H,24,28). The van der Waals surface area contributed by atoms with E-state index in [4.69, 9.17) is 9.47 Å². The van der Waals surface area contributed by atoms with Crippen molar-refractivity contribution in [1.82, 2.24) is 14.8 Å². The molecule has 0 aliphatic carbocycles. The van der Waals surface area contributed by atoms with Gasteiger partial charge < -0.3 is 14.8 Å². The summed E-state index contributed by atoms with van der Waals surface area (Å²) in [4.78, 5) is 27.6. The van der Waals surface area contributed by atoms with Gasteiger partial charge in [-0.2, -0.15) is 0 Å². The molecule has 2 fully saturated rings. The first-order valence-corrected chi connectivity index (χ1v) is 10.6. The number of benzene rings is 1. The predicted molar refractivity (Wildman–Crippen MR) is 114 cm³/mol. The molecule has 1 aromatic carbocycles. The first kappa shape index (κ1) is 20.8. The maximum atomic E-state index is 12.9. The van der Waals surface area contributed by atoms with Crippen LogP contribution < -0.4 is 10.9 Å². The van der Waals surface area contributed by atoms with Gasteiger partial charge in [0, 0.05) is 62.8 Å². The molecule has 160 valence electrons. The Labute approximate surface area is 176 Å². The van der Waals surface area contributed by atoms with E-state index >= 15 is 0 Å². The number of carbonyl (C=O) groups is 1. The van der Waals surface area contributed by atoms with Crippen LogP contribution in [0.5, 0.6) is 0 Å². The Morgan fingerprint density at radius 1 is 0.967 bits per heavy atom. The molecule has 7 nitrogen and oxygen atoms in total. The van der Waals surface area contributed by atoms with Crippen LogP contribution in [-0.4, -0.2) is 68.0 Å². The third kappa shape index (κ3) is 4.98. The molecule has 1 amide bonds. The largest absolute Gasteiger partial charge is 0.381 e. The zero-order valence-corrected chi connectivity index (χ0v) is 17.2. The van der Waals surface area contributed by atoms with Gasteiger partial charge in [-0.25, -0.2) is 0 Å². The third-order valence-electron chi connectivity index (χ3n) is 6.05. The molecule has 4 rings (SSSR count). The monoisotopic (exact) mass is 411 g/mol. The molecule has 1 N–H and O–H groups in total. The zero-order chi connectivity index (χ0) is 20.8. The third-order valence-corrected chi connectivity index (χ3v) is 6.05. The number of nitrogens with zero attached hydrogens (tertiary/aromatic N) is 2. The number of carbonyl (C=O) groups excluding carboxylic acids is 1. The average molecular weight is 412 g/mol. The van der Waals surface area contributed by atoms with Crippen LogP contribution in [0.1, 0.15) is 23.2 Å². The Kier molecular flexibility index (Phi) is 6.62. The van der Waals surface area contributed by atoms with Crippen molar-refractivity contribution in [2.75, 3.05) is 52.6 Å². The Morgan fingerprint density at radius 3 is 2.40 bits per heavy atom. The highest BCUT2D eigenvalue weighted by molar-refractivity contribution is 5.93. The Balaban J connectivity index is 1.46. The molecule has 30 heavy (non-hydrogen) atoms. The van der Waals surface area contributed by atoms with Crippen LogP contribution in [-0.2, 0) is 9.47 Å². The fourth-order valence-corrected chi connectivity index (χ4v) is 4.21. The SMILES string of the molecule is O=C(NCC1(CN2CCOCC2)CCOCC1)c1ccc(=O)n(-c2ccccc2)c1. The fourth-order valence-electron chi connectivity index (χ4n) is 4.21. The molecular formula is C23H29N3O4. The Bertz CT molecular complexity index is 900. The van der Waals surface area contributed by atoms with Crippen molar-refractivity contribution in [2.24, 2.45) is 5.41 Å². The van der Waals surface area contributed by atoms with Crippen LogP contribution in [0, 0.1) is 5.41 Å². The molecule has 7 heteroatoms. The summed E-state index contributed by atoms with van der Waals surface area (Å²) < 4.78 is 12.6. The van der Waals surface area contributed by atoms with Gasteiger partial charge in [-0.1, -0.05) is 18.2 Å². The minimum absolute atomic E-state index is 0.000865. The summed E-state index contributed by atoms with van der Waals surface area (Å²) in [5.74, 6) is -0.160. The number of rotatable bonds is 6. The number of morpholine rings is 1. The number of para-hydroxylation sites is 1. The Morgan fingerprint density at radius 2 is 1.67 bits per heavy atom. The zero-order valence-electron chi connectivity index (χ0n) is 17.2. The second kappa shape index (κ2) is 9.55. The van der Waals surface area contributed by atoms with Gasteiger partial charge in [-0.05, 0) is 31.0 Å². The van der Waals surface area contributed by atoms with Crippen LogP contribution in [0.15, 0.2) is 53.5 Å². The van der Waals surface area contributed by atoms with Gasteiger partial charge in [0.25, 0.3) is 11.5 Å². The van der Waals surface area contributed by atoms with Gasteiger partial charge in [0.05, 0.1) is 18.8 Å². The lowest BCUT2D eigenvalue weighted by Gasteiger charge is -2.42. The molecule has 2 aliphatic rings. The van der Waals surface area contributed by atoms with Crippen LogP contribution in [0.3, 0.4) is 0 Å². The second-order valence-electron chi connectivity index (χ2n) is 8.15. The maximum absolute atomic E-state index is 12.9. The molecule has 2 saturated heterocycles. The highest BCUT2D eigenvalue weighted by atomic mass is 16.5. The molecule has 0 saturated carbocycles. The summed E-state index contributed by atoms with van der Waals surface area (Å²) in [6.07, 6.45) is 3.47. The normalized spacial score (nSPS) is 19.3. The lowest BCUT2D eigenvalue weighted by molar-refractivity contribution is -0.0283. The number of pyridine rings is 1. The van der Waals surface area contributed by atoms with E-state index in [1.807, 2.05) is 30.3 Å². The molecule has 2 aromatic rings. The van der Waals surface area contributed by atoms with Crippen molar-refractivity contribution in [1.29, 1.82) is 0 Å². The van der Waals surface area contributed by atoms with E-state index in [1.165, 1.54) is 10.6 Å². The van der Waals surface area contributed by atoms with Crippen LogP contribution in [0.4, 0.5) is 0 Å². The summed E-state index contributed by atoms with van der Waals surface area (Å²) >= 11 is 0. The number of aromatic nitrogens is 1. The quantitative estimate of drug-likeness (QED) is 0.783. The number of amides is 1. The molecule has 1 aromatic heterocycles. The molecule has 3 heterocycles. The summed E-state index contributed by atoms with van der Waals surface area (Å²) in [7, 11) is 0. The van der Waals surface area contributed by atoms with Crippen molar-refractivity contribution in [3.05, 3.63) is 64.6 Å². The number of hydrogen-bond donors (Lipinski definition) is 1. The van der Waals surface area contributed by atoms with E-state index in [9.17, 15) is 9.59 Å². The van der Waals surface area contributed by atoms with Crippen LogP contribution in [0.2, 0.25) is 0 Å². The lowest BCUT2D eigenvalue weighted by atomic mass is 9.79. The molecular weight excluding hydrogens is 382 g/mol. The van der Waals surface area contributed by atoms with Gasteiger partial charge in [0.15, 0.2) is 0 Å². The van der Waals surface area contributed by atoms with E-state index in [-0.39, 0.29) is 16.9 Å². The second-order valence-corrected chi connectivity index (χ2v) is 8.15. The summed E-state index contributed by atoms with van der Waals surface area (Å²) in [5.41, 5.74) is 1.06. The topological polar surface area (TPSA) is 72.8 Å². The van der Waals surface area contributed by atoms with Crippen LogP contribution in [0.25, 0.3) is 5.69 Å². The van der Waals surface area contributed by atoms with E-state index in [1.54, 1.807) is 12.3 Å². The lowest BCUT2D eigenvalue weighted by Crippen LogP contribution is -2.50. The van der Waals surface area contributed by atoms with Gasteiger partial charge in [0.1, 0.15) is 0 Å². The van der Waals surface area contributed by atoms with Gasteiger partial charge in [0.2, 0.25) is 0 Å². The highest BCUT2D eigenvalue weighted by Gasteiger charge is 2.35. The van der Waals surface area contributed by atoms with Crippen molar-refractivity contribution in [3.8, 4) is 5.69 Å². The minimum Gasteiger partial charge on any atom is -0.381 e. The predicted octanol–water partition coefficient (Wildman–Crippen LogP) is 1.70. The first-order chi connectivity index (χ1) is 14.7. The maximum Gasteiger partial charge on any atom is 0.255 e. The van der Waals surface area contributed by atoms with Crippen molar-refractivity contribution in [3.63, 3.8) is 0 Å². The van der Waals surface area contributed by atoms with E-state index in [0.717, 1.165) is 64.6 Å². The van der Waals surface area contributed by atoms with Crippen molar-refractivity contribution in [2.45, 2.75) is 12.8 Å². The number of hydrogen-bond acceptors (Lipinski definition) is 5. The molecule has 0 spiro atoms. The first-order valence-electron chi connectivity index (χ1n) is 10.6. The number of ether oxygens (including phenoxy) is 2. The van der Waals surface area contributed by atoms with Gasteiger partial charge >= 0.3 is 0 Å². The molecule has 0 atom stereocenters. The Hall–Kier alpha value is -2.48. The van der Waals surface area contributed by atoms with Crippen molar-refractivity contribution >= 4 is 5.91 Å². The minimum atomic E-state index is -0.161. The molecule has 0 radical (unpaired) electrons. The van der Waals surface area contributed by atoms with Crippen molar-refractivity contribution < 1.29 is 14.3 Å². The fraction of sp³-hybridized carbons (Fsp3) is 0.478. The smallest absolute Gasteiger partial charge is 0.255 e. The molecule has 0 unspecified atom stereocenters.